The Balaban J connectivity index is 3.58. The lowest BCUT2D eigenvalue weighted by molar-refractivity contribution is 0.450. The molecule has 0 aliphatic heterocycles. The third-order valence-electron chi connectivity index (χ3n) is 0.745. The van der Waals surface area contributed by atoms with Crippen LogP contribution in [0.4, 0.5) is 0 Å². The number of hydrogen-bond donors (Lipinski definition) is 3. The molecule has 0 spiro atoms. The van der Waals surface area contributed by atoms with Crippen LogP contribution in [-0.4, -0.2) is 18.0 Å². The number of rotatable bonds is 4. The lowest BCUT2D eigenvalue weighted by Crippen LogP contribution is -2.21. The van der Waals surface area contributed by atoms with Crippen molar-refractivity contribution in [1.82, 2.24) is 10.2 Å². The summed E-state index contributed by atoms with van der Waals surface area (Å²) in [4.78, 5) is 8.85. The average Bonchev–Trinajstić information content (AvgIpc) is 1.64. The molecule has 0 saturated carbocycles. The van der Waals surface area contributed by atoms with Crippen LogP contribution in [-0.2, 0) is 4.57 Å². The molecule has 0 aromatic heterocycles. The first-order valence-corrected chi connectivity index (χ1v) is 4.61. The second kappa shape index (κ2) is 4.01. The summed E-state index contributed by atoms with van der Waals surface area (Å²) in [5, 5.41) is 4.85. The summed E-state index contributed by atoms with van der Waals surface area (Å²) in [6, 6.07) is 0. The van der Waals surface area contributed by atoms with Gasteiger partial charge in [0, 0.05) is 13.1 Å². The molecule has 56 valence electrons. The standard InChI is InChI=1S/C4H13N2O2P/c1-3-5-9(7,8)6-4-2/h3-4H2,1-2H3,(H3,5,6,7,8). The van der Waals surface area contributed by atoms with Crippen LogP contribution >= 0.6 is 7.67 Å². The molecule has 0 amide bonds. The third kappa shape index (κ3) is 4.60. The van der Waals surface area contributed by atoms with Gasteiger partial charge in [-0.05, 0) is 0 Å². The zero-order chi connectivity index (χ0) is 7.33. The van der Waals surface area contributed by atoms with E-state index in [0.717, 1.165) is 0 Å². The maximum absolute atomic E-state index is 10.7. The fourth-order valence-corrected chi connectivity index (χ4v) is 1.45. The third-order valence-corrected chi connectivity index (χ3v) is 2.23. The van der Waals surface area contributed by atoms with E-state index in [0.29, 0.717) is 13.1 Å². The van der Waals surface area contributed by atoms with Gasteiger partial charge < -0.3 is 4.89 Å². The van der Waals surface area contributed by atoms with Crippen LogP contribution < -0.4 is 10.2 Å². The highest BCUT2D eigenvalue weighted by Crippen LogP contribution is 2.27. The van der Waals surface area contributed by atoms with Gasteiger partial charge in [0.25, 0.3) is 0 Å². The maximum atomic E-state index is 10.7. The largest absolute Gasteiger partial charge is 0.338 e. The van der Waals surface area contributed by atoms with Gasteiger partial charge in [-0.25, -0.2) is 10.2 Å². The van der Waals surface area contributed by atoms with Gasteiger partial charge in [0.15, 0.2) is 0 Å². The fraction of sp³-hybridized carbons (Fsp3) is 1.00. The summed E-state index contributed by atoms with van der Waals surface area (Å²) in [5.74, 6) is 0. The Kier molecular flexibility index (Phi) is 4.06. The molecule has 0 fully saturated rings. The van der Waals surface area contributed by atoms with Gasteiger partial charge in [-0.2, -0.15) is 0 Å². The molecule has 0 unspecified atom stereocenters. The van der Waals surface area contributed by atoms with E-state index in [9.17, 15) is 4.57 Å². The minimum atomic E-state index is -3.19. The normalized spacial score (nSPS) is 11.9. The van der Waals surface area contributed by atoms with Crippen LogP contribution in [0.1, 0.15) is 13.8 Å². The molecule has 0 rings (SSSR count). The zero-order valence-electron chi connectivity index (χ0n) is 5.72. The Hall–Kier alpha value is 0.110. The first-order chi connectivity index (χ1) is 4.12. The molecule has 0 aliphatic carbocycles. The van der Waals surface area contributed by atoms with E-state index in [4.69, 9.17) is 4.89 Å². The quantitative estimate of drug-likeness (QED) is 0.507. The molecule has 9 heavy (non-hydrogen) atoms. The summed E-state index contributed by atoms with van der Waals surface area (Å²) < 4.78 is 10.7. The van der Waals surface area contributed by atoms with Gasteiger partial charge in [0.2, 0.25) is 0 Å². The van der Waals surface area contributed by atoms with Crippen molar-refractivity contribution in [2.45, 2.75) is 13.8 Å². The molecule has 4 nitrogen and oxygen atoms in total. The monoisotopic (exact) mass is 152 g/mol. The van der Waals surface area contributed by atoms with E-state index in [1.165, 1.54) is 0 Å². The fourth-order valence-electron chi connectivity index (χ4n) is 0.485. The molecule has 0 aliphatic rings. The Labute approximate surface area is 55.2 Å². The van der Waals surface area contributed by atoms with E-state index in [1.54, 1.807) is 13.8 Å². The predicted octanol–water partition coefficient (Wildman–Crippen LogP) is 0.306. The SMILES string of the molecule is CCNP(=O)(O)NCC. The minimum Gasteiger partial charge on any atom is -0.322 e. The van der Waals surface area contributed by atoms with Crippen molar-refractivity contribution < 1.29 is 9.46 Å². The van der Waals surface area contributed by atoms with Crippen molar-refractivity contribution >= 4 is 7.67 Å². The topological polar surface area (TPSA) is 61.4 Å². The lowest BCUT2D eigenvalue weighted by atomic mass is 10.8. The van der Waals surface area contributed by atoms with Crippen LogP contribution in [0, 0.1) is 0 Å². The predicted molar refractivity (Wildman–Crippen MR) is 37.2 cm³/mol. The van der Waals surface area contributed by atoms with Crippen molar-refractivity contribution in [2.24, 2.45) is 0 Å². The van der Waals surface area contributed by atoms with Gasteiger partial charge in [-0.3, -0.25) is 4.57 Å². The van der Waals surface area contributed by atoms with E-state index in [-0.39, 0.29) is 0 Å². The first-order valence-electron chi connectivity index (χ1n) is 2.95. The van der Waals surface area contributed by atoms with Gasteiger partial charge >= 0.3 is 7.67 Å². The molecule has 0 saturated heterocycles. The van der Waals surface area contributed by atoms with Gasteiger partial charge in [0.05, 0.1) is 0 Å². The zero-order valence-corrected chi connectivity index (χ0v) is 6.61. The van der Waals surface area contributed by atoms with Crippen LogP contribution in [0.25, 0.3) is 0 Å². The number of nitrogens with one attached hydrogen (secondary N) is 2. The van der Waals surface area contributed by atoms with Crippen molar-refractivity contribution in [2.75, 3.05) is 13.1 Å². The molecular weight excluding hydrogens is 139 g/mol. The smallest absolute Gasteiger partial charge is 0.322 e. The minimum absolute atomic E-state index is 0.501. The highest BCUT2D eigenvalue weighted by atomic mass is 31.2. The maximum Gasteiger partial charge on any atom is 0.338 e. The van der Waals surface area contributed by atoms with Crippen molar-refractivity contribution in [1.29, 1.82) is 0 Å². The van der Waals surface area contributed by atoms with Gasteiger partial charge in [-0.15, -0.1) is 0 Å². The summed E-state index contributed by atoms with van der Waals surface area (Å²) in [6.07, 6.45) is 0. The van der Waals surface area contributed by atoms with Crippen molar-refractivity contribution in [3.05, 3.63) is 0 Å². The van der Waals surface area contributed by atoms with Crippen LogP contribution in [0.3, 0.4) is 0 Å². The summed E-state index contributed by atoms with van der Waals surface area (Å²) in [5.41, 5.74) is 0. The molecule has 0 aromatic carbocycles. The van der Waals surface area contributed by atoms with Gasteiger partial charge in [-0.1, -0.05) is 13.8 Å². The van der Waals surface area contributed by atoms with Crippen LogP contribution in [0.15, 0.2) is 0 Å². The molecule has 3 N–H and O–H groups in total. The Morgan fingerprint density at radius 2 is 1.67 bits per heavy atom. The second-order valence-corrected chi connectivity index (χ2v) is 3.38. The molecule has 5 heteroatoms. The van der Waals surface area contributed by atoms with E-state index in [1.807, 2.05) is 0 Å². The molecule has 0 heterocycles. The Morgan fingerprint density at radius 1 is 1.33 bits per heavy atom. The Morgan fingerprint density at radius 3 is 1.89 bits per heavy atom. The van der Waals surface area contributed by atoms with Crippen molar-refractivity contribution in [3.63, 3.8) is 0 Å². The summed E-state index contributed by atoms with van der Waals surface area (Å²) in [7, 11) is -3.19. The van der Waals surface area contributed by atoms with E-state index >= 15 is 0 Å². The summed E-state index contributed by atoms with van der Waals surface area (Å²) >= 11 is 0. The second-order valence-electron chi connectivity index (χ2n) is 1.60. The first kappa shape index (κ1) is 9.11. The van der Waals surface area contributed by atoms with E-state index in [2.05, 4.69) is 10.2 Å². The van der Waals surface area contributed by atoms with Crippen molar-refractivity contribution in [3.8, 4) is 0 Å². The lowest BCUT2D eigenvalue weighted by Gasteiger charge is -2.10. The molecular formula is C4H13N2O2P. The molecule has 0 bridgehead atoms. The summed E-state index contributed by atoms with van der Waals surface area (Å²) in [6.45, 7) is 4.56. The van der Waals surface area contributed by atoms with Crippen LogP contribution in [0.2, 0.25) is 0 Å². The highest BCUT2D eigenvalue weighted by Gasteiger charge is 2.11. The molecule has 0 radical (unpaired) electrons. The molecule has 0 atom stereocenters. The van der Waals surface area contributed by atoms with Crippen LogP contribution in [0.5, 0.6) is 0 Å². The average molecular weight is 152 g/mol. The van der Waals surface area contributed by atoms with Gasteiger partial charge in [0.1, 0.15) is 0 Å². The molecule has 0 aromatic rings. The highest BCUT2D eigenvalue weighted by molar-refractivity contribution is 7.53. The number of hydrogen-bond acceptors (Lipinski definition) is 1. The Bertz CT molecular complexity index is 107. The van der Waals surface area contributed by atoms with E-state index < -0.39 is 7.67 Å².